The number of benzene rings is 1. The van der Waals surface area contributed by atoms with E-state index in [0.717, 1.165) is 28.1 Å². The second-order valence-electron chi connectivity index (χ2n) is 4.54. The van der Waals surface area contributed by atoms with Gasteiger partial charge < -0.3 is 5.11 Å². The number of phenols is 1. The summed E-state index contributed by atoms with van der Waals surface area (Å²) in [5.74, 6) is 0.321. The zero-order valence-corrected chi connectivity index (χ0v) is 10.7. The van der Waals surface area contributed by atoms with Crippen LogP contribution in [-0.2, 0) is 0 Å². The SMILES string of the molecule is Cc1ccc(-c2cc(C)c(C)cc2O)c(C)n1. The summed E-state index contributed by atoms with van der Waals surface area (Å²) in [6, 6.07) is 7.81. The molecule has 17 heavy (non-hydrogen) atoms. The number of hydrogen-bond donors (Lipinski definition) is 1. The van der Waals surface area contributed by atoms with Crippen LogP contribution in [0.2, 0.25) is 0 Å². The summed E-state index contributed by atoms with van der Waals surface area (Å²) in [5.41, 5.74) is 6.08. The molecule has 1 heterocycles. The van der Waals surface area contributed by atoms with Crippen molar-refractivity contribution in [2.75, 3.05) is 0 Å². The standard InChI is InChI=1S/C15H17NO/c1-9-7-14(15(17)8-10(9)2)13-6-5-11(3)16-12(13)4/h5-8,17H,1-4H3. The Bertz CT molecular complexity index is 573. The van der Waals surface area contributed by atoms with Gasteiger partial charge in [0.05, 0.1) is 0 Å². The van der Waals surface area contributed by atoms with E-state index in [0.29, 0.717) is 5.75 Å². The molecule has 0 fully saturated rings. The number of pyridine rings is 1. The van der Waals surface area contributed by atoms with Crippen LogP contribution < -0.4 is 0 Å². The molecule has 88 valence electrons. The Labute approximate surface area is 102 Å². The molecular formula is C15H17NO. The summed E-state index contributed by atoms with van der Waals surface area (Å²) >= 11 is 0. The fraction of sp³-hybridized carbons (Fsp3) is 0.267. The molecule has 2 heteroatoms. The highest BCUT2D eigenvalue weighted by atomic mass is 16.3. The predicted molar refractivity (Wildman–Crippen MR) is 70.3 cm³/mol. The molecule has 0 spiro atoms. The molecule has 2 aromatic rings. The average molecular weight is 227 g/mol. The van der Waals surface area contributed by atoms with Crippen molar-refractivity contribution in [2.45, 2.75) is 27.7 Å². The van der Waals surface area contributed by atoms with Crippen LogP contribution in [0, 0.1) is 27.7 Å². The Morgan fingerprint density at radius 2 is 1.53 bits per heavy atom. The average Bonchev–Trinajstić information content (AvgIpc) is 2.24. The highest BCUT2D eigenvalue weighted by molar-refractivity contribution is 5.73. The first kappa shape index (κ1) is 11.6. The third-order valence-electron chi connectivity index (χ3n) is 3.13. The molecule has 0 unspecified atom stereocenters. The summed E-state index contributed by atoms with van der Waals surface area (Å²) in [4.78, 5) is 4.43. The van der Waals surface area contributed by atoms with Gasteiger partial charge in [-0.2, -0.15) is 0 Å². The van der Waals surface area contributed by atoms with Gasteiger partial charge in [0, 0.05) is 22.5 Å². The highest BCUT2D eigenvalue weighted by Crippen LogP contribution is 2.33. The maximum Gasteiger partial charge on any atom is 0.123 e. The third kappa shape index (κ3) is 2.16. The van der Waals surface area contributed by atoms with E-state index >= 15 is 0 Å². The molecule has 0 saturated heterocycles. The van der Waals surface area contributed by atoms with Crippen molar-refractivity contribution in [3.8, 4) is 16.9 Å². The molecule has 0 bridgehead atoms. The Hall–Kier alpha value is -1.83. The van der Waals surface area contributed by atoms with Gasteiger partial charge in [-0.15, -0.1) is 0 Å². The van der Waals surface area contributed by atoms with Gasteiger partial charge in [-0.25, -0.2) is 0 Å². The molecule has 2 rings (SSSR count). The quantitative estimate of drug-likeness (QED) is 0.806. The van der Waals surface area contributed by atoms with E-state index in [1.54, 1.807) is 0 Å². The first-order valence-corrected chi connectivity index (χ1v) is 5.74. The molecule has 1 N–H and O–H groups in total. The minimum atomic E-state index is 0.321. The fourth-order valence-electron chi connectivity index (χ4n) is 1.99. The normalized spacial score (nSPS) is 10.6. The zero-order chi connectivity index (χ0) is 12.6. The van der Waals surface area contributed by atoms with Gasteiger partial charge in [0.2, 0.25) is 0 Å². The maximum atomic E-state index is 10.0. The molecule has 0 atom stereocenters. The zero-order valence-electron chi connectivity index (χ0n) is 10.7. The fourth-order valence-corrected chi connectivity index (χ4v) is 1.99. The molecule has 1 aromatic carbocycles. The van der Waals surface area contributed by atoms with Crippen LogP contribution in [0.5, 0.6) is 5.75 Å². The second kappa shape index (κ2) is 4.21. The van der Waals surface area contributed by atoms with E-state index in [1.807, 2.05) is 45.0 Å². The number of hydrogen-bond acceptors (Lipinski definition) is 2. The van der Waals surface area contributed by atoms with Crippen molar-refractivity contribution in [3.63, 3.8) is 0 Å². The van der Waals surface area contributed by atoms with Crippen molar-refractivity contribution >= 4 is 0 Å². The molecule has 2 nitrogen and oxygen atoms in total. The summed E-state index contributed by atoms with van der Waals surface area (Å²) in [6.45, 7) is 7.99. The van der Waals surface area contributed by atoms with Gasteiger partial charge in [-0.1, -0.05) is 6.07 Å². The minimum Gasteiger partial charge on any atom is -0.507 e. The van der Waals surface area contributed by atoms with Crippen LogP contribution >= 0.6 is 0 Å². The first-order valence-electron chi connectivity index (χ1n) is 5.74. The van der Waals surface area contributed by atoms with Gasteiger partial charge >= 0.3 is 0 Å². The van der Waals surface area contributed by atoms with Gasteiger partial charge in [-0.05, 0) is 57.0 Å². The lowest BCUT2D eigenvalue weighted by molar-refractivity contribution is 0.476. The molecule has 0 aliphatic carbocycles. The van der Waals surface area contributed by atoms with E-state index in [2.05, 4.69) is 11.9 Å². The van der Waals surface area contributed by atoms with Gasteiger partial charge in [0.25, 0.3) is 0 Å². The van der Waals surface area contributed by atoms with E-state index in [-0.39, 0.29) is 0 Å². The minimum absolute atomic E-state index is 0.321. The number of nitrogens with zero attached hydrogens (tertiary/aromatic N) is 1. The van der Waals surface area contributed by atoms with Crippen LogP contribution in [0.3, 0.4) is 0 Å². The van der Waals surface area contributed by atoms with Gasteiger partial charge in [0.15, 0.2) is 0 Å². The summed E-state index contributed by atoms with van der Waals surface area (Å²) < 4.78 is 0. The summed E-state index contributed by atoms with van der Waals surface area (Å²) in [6.07, 6.45) is 0. The Morgan fingerprint density at radius 3 is 2.18 bits per heavy atom. The van der Waals surface area contributed by atoms with Crippen LogP contribution in [0.25, 0.3) is 11.1 Å². The van der Waals surface area contributed by atoms with E-state index in [9.17, 15) is 5.11 Å². The van der Waals surface area contributed by atoms with Crippen LogP contribution in [-0.4, -0.2) is 10.1 Å². The number of aromatic nitrogens is 1. The Balaban J connectivity index is 2.64. The van der Waals surface area contributed by atoms with Gasteiger partial charge in [-0.3, -0.25) is 4.98 Å². The lowest BCUT2D eigenvalue weighted by Crippen LogP contribution is -1.92. The lowest BCUT2D eigenvalue weighted by atomic mass is 9.98. The molecule has 0 aliphatic rings. The second-order valence-corrected chi connectivity index (χ2v) is 4.54. The molecule has 0 radical (unpaired) electrons. The summed E-state index contributed by atoms with van der Waals surface area (Å²) in [5, 5.41) is 10.0. The van der Waals surface area contributed by atoms with Gasteiger partial charge in [0.1, 0.15) is 5.75 Å². The van der Waals surface area contributed by atoms with Crippen LogP contribution in [0.1, 0.15) is 22.5 Å². The van der Waals surface area contributed by atoms with Crippen molar-refractivity contribution in [1.29, 1.82) is 0 Å². The predicted octanol–water partition coefficient (Wildman–Crippen LogP) is 3.69. The highest BCUT2D eigenvalue weighted by Gasteiger charge is 2.09. The van der Waals surface area contributed by atoms with Crippen molar-refractivity contribution in [1.82, 2.24) is 4.98 Å². The number of rotatable bonds is 1. The molecule has 0 amide bonds. The smallest absolute Gasteiger partial charge is 0.123 e. The largest absolute Gasteiger partial charge is 0.507 e. The third-order valence-corrected chi connectivity index (χ3v) is 3.13. The number of aromatic hydroxyl groups is 1. The monoisotopic (exact) mass is 227 g/mol. The molecule has 0 saturated carbocycles. The van der Waals surface area contributed by atoms with E-state index < -0.39 is 0 Å². The van der Waals surface area contributed by atoms with E-state index in [4.69, 9.17) is 0 Å². The molecule has 1 aromatic heterocycles. The van der Waals surface area contributed by atoms with Crippen molar-refractivity contribution in [3.05, 3.63) is 46.8 Å². The number of aryl methyl sites for hydroxylation is 4. The molecular weight excluding hydrogens is 210 g/mol. The Morgan fingerprint density at radius 1 is 0.882 bits per heavy atom. The summed E-state index contributed by atoms with van der Waals surface area (Å²) in [7, 11) is 0. The molecule has 0 aliphatic heterocycles. The maximum absolute atomic E-state index is 10.0. The number of phenolic OH excluding ortho intramolecular Hbond substituents is 1. The van der Waals surface area contributed by atoms with Crippen LogP contribution in [0.4, 0.5) is 0 Å². The van der Waals surface area contributed by atoms with Crippen LogP contribution in [0.15, 0.2) is 24.3 Å². The lowest BCUT2D eigenvalue weighted by Gasteiger charge is -2.11. The van der Waals surface area contributed by atoms with E-state index in [1.165, 1.54) is 5.56 Å². The Kier molecular flexibility index (Phi) is 2.88. The topological polar surface area (TPSA) is 33.1 Å². The van der Waals surface area contributed by atoms with Crippen molar-refractivity contribution < 1.29 is 5.11 Å². The van der Waals surface area contributed by atoms with Crippen molar-refractivity contribution in [2.24, 2.45) is 0 Å². The first-order chi connectivity index (χ1) is 7.99.